The molecule has 1 heterocycles. The highest BCUT2D eigenvalue weighted by Crippen LogP contribution is 2.45. The molecule has 1 aliphatic rings. The van der Waals surface area contributed by atoms with Crippen LogP contribution < -0.4 is 5.32 Å². The van der Waals surface area contributed by atoms with Crippen LogP contribution in [-0.4, -0.2) is 28.2 Å². The summed E-state index contributed by atoms with van der Waals surface area (Å²) in [7, 11) is 0. The fourth-order valence-corrected chi connectivity index (χ4v) is 2.34. The molecule has 2 N–H and O–H groups in total. The summed E-state index contributed by atoms with van der Waals surface area (Å²) < 4.78 is 0. The molecule has 20 heavy (non-hydrogen) atoms. The molecular weight excluding hydrogens is 258 g/mol. The molecule has 0 saturated heterocycles. The van der Waals surface area contributed by atoms with Crippen molar-refractivity contribution in [2.75, 3.05) is 18.5 Å². The zero-order chi connectivity index (χ0) is 14.2. The largest absolute Gasteiger partial charge is 0.396 e. The Labute approximate surface area is 115 Å². The lowest BCUT2D eigenvalue weighted by molar-refractivity contribution is -0.383. The lowest BCUT2D eigenvalue weighted by atomic mass is 10.1. The Morgan fingerprint density at radius 1 is 1.35 bits per heavy atom. The van der Waals surface area contributed by atoms with Crippen molar-refractivity contribution in [3.05, 3.63) is 40.7 Å². The fourth-order valence-electron chi connectivity index (χ4n) is 2.34. The maximum Gasteiger partial charge on any atom is 0.278 e. The number of pyridine rings is 1. The van der Waals surface area contributed by atoms with Gasteiger partial charge in [-0.05, 0) is 25.0 Å². The Morgan fingerprint density at radius 3 is 2.80 bits per heavy atom. The Kier molecular flexibility index (Phi) is 3.02. The minimum absolute atomic E-state index is 0.0128. The fraction of sp³-hybridized carbons (Fsp3) is 0.357. The SMILES string of the molecule is O=[N+]([O-])c1ccc(NCC2(CO)CC2)c2ccncc12. The van der Waals surface area contributed by atoms with Crippen LogP contribution in [0.1, 0.15) is 12.8 Å². The second-order valence-corrected chi connectivity index (χ2v) is 5.32. The first kappa shape index (κ1) is 12.8. The number of nitro benzene ring substituents is 1. The summed E-state index contributed by atoms with van der Waals surface area (Å²) in [5.74, 6) is 0. The van der Waals surface area contributed by atoms with Crippen LogP contribution in [0.3, 0.4) is 0 Å². The van der Waals surface area contributed by atoms with Crippen LogP contribution in [0, 0.1) is 15.5 Å². The third-order valence-electron chi connectivity index (χ3n) is 3.94. The first-order valence-electron chi connectivity index (χ1n) is 6.51. The smallest absolute Gasteiger partial charge is 0.278 e. The second-order valence-electron chi connectivity index (χ2n) is 5.32. The van der Waals surface area contributed by atoms with Crippen LogP contribution in [0.2, 0.25) is 0 Å². The molecule has 3 rings (SSSR count). The van der Waals surface area contributed by atoms with E-state index in [9.17, 15) is 15.2 Å². The molecule has 1 aromatic carbocycles. The highest BCUT2D eigenvalue weighted by molar-refractivity contribution is 5.99. The van der Waals surface area contributed by atoms with Gasteiger partial charge < -0.3 is 10.4 Å². The van der Waals surface area contributed by atoms with Gasteiger partial charge >= 0.3 is 0 Å². The Bertz CT molecular complexity index is 668. The number of benzene rings is 1. The van der Waals surface area contributed by atoms with Gasteiger partial charge in [-0.1, -0.05) is 0 Å². The number of anilines is 1. The molecule has 0 atom stereocenters. The Morgan fingerprint density at radius 2 is 2.15 bits per heavy atom. The third-order valence-corrected chi connectivity index (χ3v) is 3.94. The van der Waals surface area contributed by atoms with E-state index in [0.29, 0.717) is 11.9 Å². The summed E-state index contributed by atoms with van der Waals surface area (Å²) in [6.45, 7) is 0.852. The highest BCUT2D eigenvalue weighted by atomic mass is 16.6. The molecule has 6 heteroatoms. The zero-order valence-corrected chi connectivity index (χ0v) is 10.9. The van der Waals surface area contributed by atoms with Crippen LogP contribution >= 0.6 is 0 Å². The number of nitrogens with zero attached hydrogens (tertiary/aromatic N) is 2. The number of fused-ring (bicyclic) bond motifs is 1. The number of nitro groups is 1. The van der Waals surface area contributed by atoms with Gasteiger partial charge in [-0.25, -0.2) is 0 Å². The average Bonchev–Trinajstić information content (AvgIpc) is 3.25. The van der Waals surface area contributed by atoms with Gasteiger partial charge in [-0.2, -0.15) is 0 Å². The molecule has 0 radical (unpaired) electrons. The molecule has 0 spiro atoms. The quantitative estimate of drug-likeness (QED) is 0.644. The van der Waals surface area contributed by atoms with E-state index in [0.717, 1.165) is 23.9 Å². The van der Waals surface area contributed by atoms with Gasteiger partial charge in [0.1, 0.15) is 0 Å². The van der Waals surface area contributed by atoms with E-state index in [1.165, 1.54) is 12.3 Å². The first-order valence-corrected chi connectivity index (χ1v) is 6.51. The number of hydrogen-bond donors (Lipinski definition) is 2. The van der Waals surface area contributed by atoms with E-state index >= 15 is 0 Å². The second kappa shape index (κ2) is 4.72. The average molecular weight is 273 g/mol. The number of hydrogen-bond acceptors (Lipinski definition) is 5. The van der Waals surface area contributed by atoms with Gasteiger partial charge in [0.05, 0.1) is 16.9 Å². The maximum absolute atomic E-state index is 11.0. The van der Waals surface area contributed by atoms with Gasteiger partial charge in [0, 0.05) is 41.5 Å². The molecule has 2 aromatic rings. The number of aliphatic hydroxyl groups excluding tert-OH is 1. The van der Waals surface area contributed by atoms with E-state index in [1.54, 1.807) is 18.3 Å². The molecule has 6 nitrogen and oxygen atoms in total. The lowest BCUT2D eigenvalue weighted by Crippen LogP contribution is -2.19. The van der Waals surface area contributed by atoms with Gasteiger partial charge in [-0.3, -0.25) is 15.1 Å². The highest BCUT2D eigenvalue weighted by Gasteiger charge is 2.41. The van der Waals surface area contributed by atoms with Crippen LogP contribution in [0.25, 0.3) is 10.8 Å². The van der Waals surface area contributed by atoms with Crippen molar-refractivity contribution in [1.29, 1.82) is 0 Å². The summed E-state index contributed by atoms with van der Waals surface area (Å²) in [5, 5.41) is 25.0. The third kappa shape index (κ3) is 2.18. The molecule has 104 valence electrons. The summed E-state index contributed by atoms with van der Waals surface area (Å²) in [5.41, 5.74) is 0.885. The molecule has 0 amide bonds. The van der Waals surface area contributed by atoms with Crippen molar-refractivity contribution >= 4 is 22.1 Å². The molecule has 1 fully saturated rings. The Balaban J connectivity index is 1.96. The van der Waals surface area contributed by atoms with Gasteiger partial charge in [-0.15, -0.1) is 0 Å². The van der Waals surface area contributed by atoms with Crippen molar-refractivity contribution < 1.29 is 10.0 Å². The monoisotopic (exact) mass is 273 g/mol. The molecule has 0 unspecified atom stereocenters. The molecular formula is C14H15N3O3. The van der Waals surface area contributed by atoms with Crippen molar-refractivity contribution in [1.82, 2.24) is 4.98 Å². The summed E-state index contributed by atoms with van der Waals surface area (Å²) in [4.78, 5) is 14.6. The van der Waals surface area contributed by atoms with E-state index in [1.807, 2.05) is 0 Å². The van der Waals surface area contributed by atoms with Gasteiger partial charge in [0.2, 0.25) is 0 Å². The van der Waals surface area contributed by atoms with Gasteiger partial charge in [0.25, 0.3) is 5.69 Å². The van der Waals surface area contributed by atoms with Crippen molar-refractivity contribution in [3.8, 4) is 0 Å². The van der Waals surface area contributed by atoms with Gasteiger partial charge in [0.15, 0.2) is 0 Å². The van der Waals surface area contributed by atoms with Crippen LogP contribution in [0.4, 0.5) is 11.4 Å². The predicted molar refractivity (Wildman–Crippen MR) is 75.6 cm³/mol. The number of aromatic nitrogens is 1. The normalized spacial score (nSPS) is 16.1. The number of non-ortho nitro benzene ring substituents is 1. The van der Waals surface area contributed by atoms with Crippen molar-refractivity contribution in [3.63, 3.8) is 0 Å². The van der Waals surface area contributed by atoms with Crippen molar-refractivity contribution in [2.45, 2.75) is 12.8 Å². The molecule has 0 bridgehead atoms. The summed E-state index contributed by atoms with van der Waals surface area (Å²) in [6, 6.07) is 4.97. The van der Waals surface area contributed by atoms with Crippen LogP contribution in [0.15, 0.2) is 30.6 Å². The first-order chi connectivity index (χ1) is 9.65. The Hall–Kier alpha value is -2.21. The van der Waals surface area contributed by atoms with E-state index in [2.05, 4.69) is 10.3 Å². The van der Waals surface area contributed by atoms with Crippen LogP contribution in [0.5, 0.6) is 0 Å². The lowest BCUT2D eigenvalue weighted by Gasteiger charge is -2.15. The topological polar surface area (TPSA) is 88.3 Å². The van der Waals surface area contributed by atoms with Crippen molar-refractivity contribution in [2.24, 2.45) is 5.41 Å². The van der Waals surface area contributed by atoms with E-state index < -0.39 is 4.92 Å². The standard InChI is InChI=1S/C14H15N3O3/c18-9-14(4-5-14)8-16-12-1-2-13(17(19)20)11-7-15-6-3-10(11)12/h1-3,6-7,16,18H,4-5,8-9H2. The van der Waals surface area contributed by atoms with E-state index in [4.69, 9.17) is 0 Å². The minimum atomic E-state index is -0.399. The molecule has 1 saturated carbocycles. The number of rotatable bonds is 5. The number of aliphatic hydroxyl groups is 1. The molecule has 1 aliphatic carbocycles. The molecule has 0 aliphatic heterocycles. The minimum Gasteiger partial charge on any atom is -0.396 e. The molecule has 1 aromatic heterocycles. The summed E-state index contributed by atoms with van der Waals surface area (Å²) >= 11 is 0. The summed E-state index contributed by atoms with van der Waals surface area (Å²) in [6.07, 6.45) is 5.17. The van der Waals surface area contributed by atoms with E-state index in [-0.39, 0.29) is 17.7 Å². The van der Waals surface area contributed by atoms with Crippen LogP contribution in [-0.2, 0) is 0 Å². The number of nitrogens with one attached hydrogen (secondary N) is 1. The zero-order valence-electron chi connectivity index (χ0n) is 10.9. The predicted octanol–water partition coefficient (Wildman–Crippen LogP) is 2.33. The maximum atomic E-state index is 11.0.